The summed E-state index contributed by atoms with van der Waals surface area (Å²) in [6.45, 7) is 0. The minimum absolute atomic E-state index is 0.0226. The monoisotopic (exact) mass is 674 g/mol. The molecule has 232 valence electrons. The predicted molar refractivity (Wildman–Crippen MR) is 176 cm³/mol. The van der Waals surface area contributed by atoms with Crippen molar-refractivity contribution in [1.29, 1.82) is 0 Å². The molecule has 15 heteroatoms. The summed E-state index contributed by atoms with van der Waals surface area (Å²) in [4.78, 5) is 48.9. The highest BCUT2D eigenvalue weighted by molar-refractivity contribution is 8.26. The van der Waals surface area contributed by atoms with Gasteiger partial charge in [0.2, 0.25) is 0 Å². The van der Waals surface area contributed by atoms with Gasteiger partial charge in [0.1, 0.15) is 10.4 Å². The number of nitro benzene ring substituents is 2. The maximum Gasteiger partial charge on any atom is 0.269 e. The van der Waals surface area contributed by atoms with Crippen LogP contribution in [-0.4, -0.2) is 45.3 Å². The molecule has 1 aliphatic rings. The predicted octanol–water partition coefficient (Wildman–Crippen LogP) is 5.49. The second-order valence-electron chi connectivity index (χ2n) is 9.90. The molecule has 12 nitrogen and oxygen atoms in total. The molecule has 0 saturated carbocycles. The molecule has 0 aliphatic carbocycles. The van der Waals surface area contributed by atoms with E-state index in [4.69, 9.17) is 12.2 Å². The molecule has 1 saturated heterocycles. The highest BCUT2D eigenvalue weighted by Gasteiger charge is 2.41. The van der Waals surface area contributed by atoms with Crippen molar-refractivity contribution in [3.63, 3.8) is 0 Å². The van der Waals surface area contributed by atoms with Crippen molar-refractivity contribution < 1.29 is 27.9 Å². The molecule has 0 unspecified atom stereocenters. The van der Waals surface area contributed by atoms with Gasteiger partial charge < -0.3 is 0 Å². The third-order valence-electron chi connectivity index (χ3n) is 6.92. The Hall–Kier alpha value is -5.25. The number of benzene rings is 4. The smallest absolute Gasteiger partial charge is 0.269 e. The van der Waals surface area contributed by atoms with E-state index in [0.29, 0.717) is 11.1 Å². The number of thioether (sulfide) groups is 1. The second-order valence-corrected chi connectivity index (χ2v) is 13.3. The Bertz CT molecular complexity index is 1980. The molecule has 5 rings (SSSR count). The highest BCUT2D eigenvalue weighted by atomic mass is 32.2. The summed E-state index contributed by atoms with van der Waals surface area (Å²) in [7, 11) is -4.46. The van der Waals surface area contributed by atoms with Gasteiger partial charge in [-0.05, 0) is 52.6 Å². The zero-order valence-corrected chi connectivity index (χ0v) is 26.0. The lowest BCUT2D eigenvalue weighted by molar-refractivity contribution is -0.385. The van der Waals surface area contributed by atoms with Crippen molar-refractivity contribution in [2.45, 2.75) is 17.4 Å². The van der Waals surface area contributed by atoms with E-state index in [1.165, 1.54) is 12.1 Å². The van der Waals surface area contributed by atoms with E-state index >= 15 is 0 Å². The molecule has 1 aliphatic heterocycles. The van der Waals surface area contributed by atoms with Gasteiger partial charge in [-0.2, -0.15) is 0 Å². The van der Waals surface area contributed by atoms with Gasteiger partial charge in [0.15, 0.2) is 0 Å². The van der Waals surface area contributed by atoms with Gasteiger partial charge >= 0.3 is 0 Å². The zero-order chi connectivity index (χ0) is 33.0. The van der Waals surface area contributed by atoms with E-state index in [0.717, 1.165) is 52.1 Å². The Morgan fingerprint density at radius 1 is 0.848 bits per heavy atom. The van der Waals surface area contributed by atoms with E-state index in [1.807, 2.05) is 4.72 Å². The number of nitrogens with one attached hydrogen (secondary N) is 1. The maximum atomic E-state index is 13.7. The van der Waals surface area contributed by atoms with Crippen molar-refractivity contribution in [3.8, 4) is 11.1 Å². The van der Waals surface area contributed by atoms with Crippen molar-refractivity contribution in [2.75, 3.05) is 0 Å². The van der Waals surface area contributed by atoms with Crippen LogP contribution >= 0.6 is 24.0 Å². The molecule has 1 heterocycles. The molecule has 2 amide bonds. The number of thiocarbonyl (C=S) groups is 1. The Morgan fingerprint density at radius 3 is 1.91 bits per heavy atom. The van der Waals surface area contributed by atoms with E-state index in [1.54, 1.807) is 72.8 Å². The van der Waals surface area contributed by atoms with Crippen LogP contribution in [0, 0.1) is 20.2 Å². The number of nitro groups is 2. The fraction of sp³-hybridized carbons (Fsp3) is 0.0645. The Morgan fingerprint density at radius 2 is 1.37 bits per heavy atom. The Balaban J connectivity index is 1.39. The van der Waals surface area contributed by atoms with Crippen molar-refractivity contribution in [2.24, 2.45) is 0 Å². The van der Waals surface area contributed by atoms with E-state index in [-0.39, 0.29) is 31.9 Å². The zero-order valence-electron chi connectivity index (χ0n) is 23.5. The Labute approximate surface area is 272 Å². The van der Waals surface area contributed by atoms with E-state index in [9.17, 15) is 38.2 Å². The average molecular weight is 675 g/mol. The summed E-state index contributed by atoms with van der Waals surface area (Å²) in [6, 6.07) is 24.6. The first kappa shape index (κ1) is 32.2. The van der Waals surface area contributed by atoms with E-state index < -0.39 is 37.7 Å². The molecular weight excluding hydrogens is 653 g/mol. The molecule has 4 aromatic rings. The lowest BCUT2D eigenvalue weighted by Gasteiger charge is -2.26. The summed E-state index contributed by atoms with van der Waals surface area (Å²) >= 11 is 6.46. The Kier molecular flexibility index (Phi) is 9.36. The number of sulfonamides is 1. The fourth-order valence-corrected chi connectivity index (χ4v) is 6.96. The molecule has 1 atom stereocenters. The molecule has 0 spiro atoms. The minimum atomic E-state index is -4.46. The van der Waals surface area contributed by atoms with Crippen LogP contribution in [0.4, 0.5) is 11.4 Å². The number of carbonyl (C=O) groups excluding carboxylic acids is 2. The van der Waals surface area contributed by atoms with Gasteiger partial charge in [0, 0.05) is 30.7 Å². The number of hydrogen-bond donors (Lipinski definition) is 1. The molecule has 0 bridgehead atoms. The summed E-state index contributed by atoms with van der Waals surface area (Å²) in [5.74, 6) is -1.59. The third-order valence-corrected chi connectivity index (χ3v) is 9.62. The molecule has 46 heavy (non-hydrogen) atoms. The molecule has 4 aromatic carbocycles. The lowest BCUT2D eigenvalue weighted by atomic mass is 10.0. The second kappa shape index (κ2) is 13.4. The first-order valence-electron chi connectivity index (χ1n) is 13.4. The topological polar surface area (TPSA) is 170 Å². The van der Waals surface area contributed by atoms with Crippen molar-refractivity contribution in [1.82, 2.24) is 9.62 Å². The van der Waals surface area contributed by atoms with Crippen molar-refractivity contribution in [3.05, 3.63) is 139 Å². The summed E-state index contributed by atoms with van der Waals surface area (Å²) < 4.78 is 28.2. The molecule has 1 N–H and O–H groups in total. The number of hydrogen-bond acceptors (Lipinski definition) is 10. The van der Waals surface area contributed by atoms with Crippen molar-refractivity contribution >= 4 is 67.6 Å². The van der Waals surface area contributed by atoms with Crippen LogP contribution < -0.4 is 4.72 Å². The molecule has 1 fully saturated rings. The van der Waals surface area contributed by atoms with Crippen LogP contribution in [0.2, 0.25) is 0 Å². The SMILES string of the molecule is O=C(NS(=O)(=O)c1ccc([N+](=O)[O-])cc1)[C@H](Cc1ccccc1)N1C(=O)/C(=C/c2ccc(-c3ccc([N+](=O)[O-])cc3)cc2)SC1=S. The fourth-order valence-electron chi connectivity index (χ4n) is 4.59. The van der Waals surface area contributed by atoms with Gasteiger partial charge in [-0.1, -0.05) is 78.6 Å². The number of rotatable bonds is 10. The van der Waals surface area contributed by atoms with Gasteiger partial charge in [0.05, 0.1) is 19.6 Å². The third kappa shape index (κ3) is 7.17. The molecule has 0 radical (unpaired) electrons. The van der Waals surface area contributed by atoms with Gasteiger partial charge in [-0.15, -0.1) is 0 Å². The van der Waals surface area contributed by atoms with E-state index in [2.05, 4.69) is 0 Å². The summed E-state index contributed by atoms with van der Waals surface area (Å²) in [5.41, 5.74) is 2.52. The first-order chi connectivity index (χ1) is 21.9. The number of nitrogens with zero attached hydrogens (tertiary/aromatic N) is 3. The first-order valence-corrected chi connectivity index (χ1v) is 16.1. The number of amides is 2. The van der Waals surface area contributed by atoms with Crippen LogP contribution in [0.5, 0.6) is 0 Å². The average Bonchev–Trinajstić information content (AvgIpc) is 3.32. The molecule has 0 aromatic heterocycles. The molecular formula is C31H22N4O8S3. The van der Waals surface area contributed by atoms with Gasteiger partial charge in [0.25, 0.3) is 33.2 Å². The van der Waals surface area contributed by atoms with Crippen LogP contribution in [0.25, 0.3) is 17.2 Å². The normalized spacial score (nSPS) is 14.7. The minimum Gasteiger partial charge on any atom is -0.280 e. The summed E-state index contributed by atoms with van der Waals surface area (Å²) in [6.07, 6.45) is 1.55. The largest absolute Gasteiger partial charge is 0.280 e. The van der Waals surface area contributed by atoms with Gasteiger partial charge in [-0.25, -0.2) is 13.1 Å². The van der Waals surface area contributed by atoms with Crippen LogP contribution in [-0.2, 0) is 26.0 Å². The quantitative estimate of drug-likeness (QED) is 0.0982. The van der Waals surface area contributed by atoms with Crippen LogP contribution in [0.15, 0.2) is 113 Å². The van der Waals surface area contributed by atoms with Crippen LogP contribution in [0.3, 0.4) is 0 Å². The lowest BCUT2D eigenvalue weighted by Crippen LogP contribution is -2.51. The number of carbonyl (C=O) groups is 2. The van der Waals surface area contributed by atoms with Crippen LogP contribution in [0.1, 0.15) is 11.1 Å². The highest BCUT2D eigenvalue weighted by Crippen LogP contribution is 2.35. The van der Waals surface area contributed by atoms with Gasteiger partial charge in [-0.3, -0.25) is 34.7 Å². The maximum absolute atomic E-state index is 13.7. The number of non-ortho nitro benzene ring substituents is 2. The summed E-state index contributed by atoms with van der Waals surface area (Å²) in [5, 5.41) is 21.9. The standard InChI is InChI=1S/C31H22N4O8S3/c36-29(32-46(42,43)26-16-14-25(15-17-26)35(40)41)27(18-20-4-2-1-3-5-20)33-30(37)28(45-31(33)44)19-21-6-8-22(9-7-21)23-10-12-24(13-11-23)34(38)39/h1-17,19,27H,18H2,(H,32,36)/b28-19-/t27-/m0/s1.